The molecule has 5 nitrogen and oxygen atoms in total. The largest absolute Gasteiger partial charge is 0.370 e. The minimum absolute atomic E-state index is 0.192. The average molecular weight is 320 g/mol. The molecule has 2 aliphatic rings. The fraction of sp³-hybridized carbons (Fsp3) is 0.778. The molecule has 1 heterocycles. The van der Waals surface area contributed by atoms with Crippen molar-refractivity contribution in [2.45, 2.75) is 58.3 Å². The Morgan fingerprint density at radius 2 is 2.30 bits per heavy atom. The number of likely N-dealkylation sites (tertiary alicyclic amines) is 1. The minimum Gasteiger partial charge on any atom is -0.370 e. The standard InChI is InChI=1S/C18H32N4O/c1-2-20-18(21-11-10-15-7-4-3-5-8-15)22-12-6-9-16(14-22)13-17(19)23/h7,16H,2-6,8-14H2,1H3,(H2,19,23)(H,20,21). The van der Waals surface area contributed by atoms with Gasteiger partial charge < -0.3 is 16.0 Å². The highest BCUT2D eigenvalue weighted by Crippen LogP contribution is 2.21. The van der Waals surface area contributed by atoms with E-state index in [4.69, 9.17) is 10.7 Å². The Labute approximate surface area is 140 Å². The first-order valence-electron chi connectivity index (χ1n) is 9.18. The fourth-order valence-electron chi connectivity index (χ4n) is 3.57. The number of nitrogens with one attached hydrogen (secondary N) is 1. The topological polar surface area (TPSA) is 70.7 Å². The Kier molecular flexibility index (Phi) is 7.43. The van der Waals surface area contributed by atoms with Crippen molar-refractivity contribution in [1.29, 1.82) is 0 Å². The Balaban J connectivity index is 1.89. The number of allylic oxidation sites excluding steroid dienone is 1. The predicted molar refractivity (Wildman–Crippen MR) is 95.3 cm³/mol. The van der Waals surface area contributed by atoms with Crippen molar-refractivity contribution >= 4 is 11.9 Å². The van der Waals surface area contributed by atoms with Crippen LogP contribution in [0, 0.1) is 5.92 Å². The van der Waals surface area contributed by atoms with Crippen LogP contribution in [-0.4, -0.2) is 42.9 Å². The number of amides is 1. The van der Waals surface area contributed by atoms with Crippen LogP contribution in [0.25, 0.3) is 0 Å². The summed E-state index contributed by atoms with van der Waals surface area (Å²) in [6, 6.07) is 0. The van der Waals surface area contributed by atoms with E-state index in [2.05, 4.69) is 23.2 Å². The molecule has 1 amide bonds. The third kappa shape index (κ3) is 6.24. The number of nitrogens with two attached hydrogens (primary N) is 1. The molecule has 23 heavy (non-hydrogen) atoms. The van der Waals surface area contributed by atoms with Gasteiger partial charge in [-0.05, 0) is 57.8 Å². The lowest BCUT2D eigenvalue weighted by atomic mass is 9.95. The van der Waals surface area contributed by atoms with Crippen LogP contribution in [0.2, 0.25) is 0 Å². The van der Waals surface area contributed by atoms with Gasteiger partial charge in [0.1, 0.15) is 0 Å². The monoisotopic (exact) mass is 320 g/mol. The second-order valence-electron chi connectivity index (χ2n) is 6.72. The Morgan fingerprint density at radius 1 is 1.43 bits per heavy atom. The second kappa shape index (κ2) is 9.58. The summed E-state index contributed by atoms with van der Waals surface area (Å²) in [5.41, 5.74) is 6.93. The summed E-state index contributed by atoms with van der Waals surface area (Å²) in [5, 5.41) is 3.40. The molecule has 1 fully saturated rings. The van der Waals surface area contributed by atoms with E-state index in [-0.39, 0.29) is 5.91 Å². The van der Waals surface area contributed by atoms with Gasteiger partial charge in [-0.25, -0.2) is 0 Å². The van der Waals surface area contributed by atoms with Crippen molar-refractivity contribution in [2.24, 2.45) is 16.6 Å². The van der Waals surface area contributed by atoms with Crippen molar-refractivity contribution in [3.8, 4) is 0 Å². The summed E-state index contributed by atoms with van der Waals surface area (Å²) >= 11 is 0. The van der Waals surface area contributed by atoms with E-state index in [0.29, 0.717) is 12.3 Å². The highest BCUT2D eigenvalue weighted by atomic mass is 16.1. The third-order valence-corrected chi connectivity index (χ3v) is 4.72. The number of aliphatic imine (C=N–C) groups is 1. The molecule has 2 rings (SSSR count). The van der Waals surface area contributed by atoms with Gasteiger partial charge in [-0.1, -0.05) is 11.6 Å². The van der Waals surface area contributed by atoms with Crippen molar-refractivity contribution in [2.75, 3.05) is 26.2 Å². The van der Waals surface area contributed by atoms with Crippen LogP contribution in [0.3, 0.4) is 0 Å². The Hall–Kier alpha value is -1.52. The molecule has 1 unspecified atom stereocenters. The lowest BCUT2D eigenvalue weighted by Crippen LogP contribution is -2.47. The van der Waals surface area contributed by atoms with Gasteiger partial charge in [0.2, 0.25) is 5.91 Å². The first-order chi connectivity index (χ1) is 11.2. The molecule has 1 aliphatic carbocycles. The summed E-state index contributed by atoms with van der Waals surface area (Å²) in [6.45, 7) is 5.73. The van der Waals surface area contributed by atoms with Crippen molar-refractivity contribution < 1.29 is 4.79 Å². The van der Waals surface area contributed by atoms with Crippen LogP contribution in [0.15, 0.2) is 16.6 Å². The maximum atomic E-state index is 11.2. The first kappa shape index (κ1) is 17.8. The van der Waals surface area contributed by atoms with Crippen LogP contribution in [-0.2, 0) is 4.79 Å². The van der Waals surface area contributed by atoms with Crippen LogP contribution < -0.4 is 11.1 Å². The molecule has 3 N–H and O–H groups in total. The number of hydrogen-bond donors (Lipinski definition) is 2. The maximum absolute atomic E-state index is 11.2. The molecule has 0 spiro atoms. The highest BCUT2D eigenvalue weighted by molar-refractivity contribution is 5.80. The summed E-state index contributed by atoms with van der Waals surface area (Å²) in [5.74, 6) is 1.17. The van der Waals surface area contributed by atoms with E-state index in [9.17, 15) is 4.79 Å². The van der Waals surface area contributed by atoms with Crippen LogP contribution in [0.4, 0.5) is 0 Å². The molecule has 0 radical (unpaired) electrons. The molecule has 0 aromatic carbocycles. The number of carbonyl (C=O) groups excluding carboxylic acids is 1. The zero-order chi connectivity index (χ0) is 16.5. The summed E-state index contributed by atoms with van der Waals surface area (Å²) in [6.07, 6.45) is 11.3. The van der Waals surface area contributed by atoms with E-state index in [1.165, 1.54) is 25.7 Å². The number of nitrogens with zero attached hydrogens (tertiary/aromatic N) is 2. The molecule has 130 valence electrons. The highest BCUT2D eigenvalue weighted by Gasteiger charge is 2.23. The third-order valence-electron chi connectivity index (χ3n) is 4.72. The molecule has 1 atom stereocenters. The second-order valence-corrected chi connectivity index (χ2v) is 6.72. The summed E-state index contributed by atoms with van der Waals surface area (Å²) < 4.78 is 0. The van der Waals surface area contributed by atoms with E-state index in [1.807, 2.05) is 0 Å². The summed E-state index contributed by atoms with van der Waals surface area (Å²) in [4.78, 5) is 18.3. The average Bonchev–Trinajstić information content (AvgIpc) is 2.55. The molecular formula is C18H32N4O. The van der Waals surface area contributed by atoms with E-state index in [0.717, 1.165) is 51.4 Å². The van der Waals surface area contributed by atoms with Gasteiger partial charge in [0.15, 0.2) is 5.96 Å². The number of guanidine groups is 1. The van der Waals surface area contributed by atoms with E-state index >= 15 is 0 Å². The molecule has 0 aromatic rings. The van der Waals surface area contributed by atoms with Gasteiger partial charge in [-0.2, -0.15) is 0 Å². The molecular weight excluding hydrogens is 288 g/mol. The van der Waals surface area contributed by atoms with Crippen LogP contribution >= 0.6 is 0 Å². The first-order valence-corrected chi connectivity index (χ1v) is 9.18. The van der Waals surface area contributed by atoms with Gasteiger partial charge >= 0.3 is 0 Å². The van der Waals surface area contributed by atoms with Crippen molar-refractivity contribution in [3.05, 3.63) is 11.6 Å². The van der Waals surface area contributed by atoms with Gasteiger partial charge in [0.05, 0.1) is 0 Å². The van der Waals surface area contributed by atoms with E-state index < -0.39 is 0 Å². The van der Waals surface area contributed by atoms with Crippen LogP contribution in [0.1, 0.15) is 58.3 Å². The molecule has 0 saturated carbocycles. The number of rotatable bonds is 6. The van der Waals surface area contributed by atoms with Crippen molar-refractivity contribution in [3.63, 3.8) is 0 Å². The smallest absolute Gasteiger partial charge is 0.217 e. The fourth-order valence-corrected chi connectivity index (χ4v) is 3.57. The van der Waals surface area contributed by atoms with Crippen LogP contribution in [0.5, 0.6) is 0 Å². The number of primary amides is 1. The summed E-state index contributed by atoms with van der Waals surface area (Å²) in [7, 11) is 0. The Morgan fingerprint density at radius 3 is 3.00 bits per heavy atom. The lowest BCUT2D eigenvalue weighted by Gasteiger charge is -2.34. The Bertz CT molecular complexity index is 444. The number of hydrogen-bond acceptors (Lipinski definition) is 2. The molecule has 1 saturated heterocycles. The van der Waals surface area contributed by atoms with Gasteiger partial charge in [0.25, 0.3) is 0 Å². The van der Waals surface area contributed by atoms with Gasteiger partial charge in [-0.15, -0.1) is 0 Å². The maximum Gasteiger partial charge on any atom is 0.217 e. The lowest BCUT2D eigenvalue weighted by molar-refractivity contribution is -0.119. The molecule has 0 bridgehead atoms. The van der Waals surface area contributed by atoms with E-state index in [1.54, 1.807) is 5.57 Å². The quantitative estimate of drug-likeness (QED) is 0.448. The van der Waals surface area contributed by atoms with Gasteiger partial charge in [0, 0.05) is 32.6 Å². The van der Waals surface area contributed by atoms with Crippen molar-refractivity contribution in [1.82, 2.24) is 10.2 Å². The normalized spacial score (nSPS) is 22.7. The molecule has 1 aliphatic heterocycles. The number of carbonyl (C=O) groups is 1. The number of piperidine rings is 1. The zero-order valence-corrected chi connectivity index (χ0v) is 14.5. The molecule has 0 aromatic heterocycles. The SMILES string of the molecule is CCNC(=NCCC1=CCCCC1)N1CCCC(CC(N)=O)C1. The van der Waals surface area contributed by atoms with Gasteiger partial charge in [-0.3, -0.25) is 9.79 Å². The minimum atomic E-state index is -0.192. The molecule has 5 heteroatoms. The predicted octanol–water partition coefficient (Wildman–Crippen LogP) is 2.43. The zero-order valence-electron chi connectivity index (χ0n) is 14.5.